The zero-order chi connectivity index (χ0) is 13.7. The van der Waals surface area contributed by atoms with Gasteiger partial charge in [0, 0.05) is 17.6 Å². The van der Waals surface area contributed by atoms with E-state index in [1.54, 1.807) is 0 Å². The van der Waals surface area contributed by atoms with Crippen LogP contribution in [0.2, 0.25) is 0 Å². The maximum Gasteiger partial charge on any atom is 0.303 e. The van der Waals surface area contributed by atoms with Gasteiger partial charge in [-0.2, -0.15) is 0 Å². The summed E-state index contributed by atoms with van der Waals surface area (Å²) < 4.78 is 10.9. The predicted octanol–water partition coefficient (Wildman–Crippen LogP) is 3.55. The first-order valence-corrected chi connectivity index (χ1v) is 7.16. The normalized spacial score (nSPS) is 12.1. The molecule has 19 heavy (non-hydrogen) atoms. The second-order valence-electron chi connectivity index (χ2n) is 4.17. The van der Waals surface area contributed by atoms with Crippen LogP contribution in [0.3, 0.4) is 0 Å². The minimum Gasteiger partial charge on any atom is -0.489 e. The standard InChI is InChI=1S/C15H15BrO3/c1-11(17)19-13(9-16)10-18-15-8-4-6-12-5-2-3-7-14(12)15/h2-8,13H,9-10H2,1H3/t13-/m1/s1. The second kappa shape index (κ2) is 6.57. The maximum absolute atomic E-state index is 10.9. The zero-order valence-corrected chi connectivity index (χ0v) is 12.2. The van der Waals surface area contributed by atoms with E-state index in [4.69, 9.17) is 9.47 Å². The highest BCUT2D eigenvalue weighted by molar-refractivity contribution is 9.09. The van der Waals surface area contributed by atoms with Crippen LogP contribution in [0.1, 0.15) is 6.92 Å². The first kappa shape index (κ1) is 13.9. The van der Waals surface area contributed by atoms with Crippen molar-refractivity contribution in [2.75, 3.05) is 11.9 Å². The molecule has 0 aromatic heterocycles. The molecule has 0 N–H and O–H groups in total. The molecule has 4 heteroatoms. The molecule has 2 aromatic rings. The molecular weight excluding hydrogens is 308 g/mol. The molecule has 1 atom stereocenters. The van der Waals surface area contributed by atoms with Gasteiger partial charge in [0.05, 0.1) is 0 Å². The van der Waals surface area contributed by atoms with Crippen molar-refractivity contribution in [2.45, 2.75) is 13.0 Å². The summed E-state index contributed by atoms with van der Waals surface area (Å²) in [4.78, 5) is 10.9. The van der Waals surface area contributed by atoms with E-state index < -0.39 is 0 Å². The van der Waals surface area contributed by atoms with Crippen LogP contribution >= 0.6 is 15.9 Å². The first-order chi connectivity index (χ1) is 9.20. The molecule has 0 unspecified atom stereocenters. The lowest BCUT2D eigenvalue weighted by Gasteiger charge is -2.16. The Hall–Kier alpha value is -1.55. The monoisotopic (exact) mass is 322 g/mol. The number of benzene rings is 2. The van der Waals surface area contributed by atoms with E-state index in [0.29, 0.717) is 11.9 Å². The van der Waals surface area contributed by atoms with Crippen LogP contribution < -0.4 is 4.74 Å². The highest BCUT2D eigenvalue weighted by Crippen LogP contribution is 2.25. The van der Waals surface area contributed by atoms with E-state index in [1.165, 1.54) is 6.92 Å². The van der Waals surface area contributed by atoms with Gasteiger partial charge in [-0.05, 0) is 11.5 Å². The summed E-state index contributed by atoms with van der Waals surface area (Å²) in [6, 6.07) is 13.9. The van der Waals surface area contributed by atoms with E-state index in [-0.39, 0.29) is 12.1 Å². The highest BCUT2D eigenvalue weighted by atomic mass is 79.9. The van der Waals surface area contributed by atoms with Gasteiger partial charge in [0.2, 0.25) is 0 Å². The van der Waals surface area contributed by atoms with Crippen LogP contribution in [-0.2, 0) is 9.53 Å². The minimum atomic E-state index is -0.300. The average molecular weight is 323 g/mol. The van der Waals surface area contributed by atoms with E-state index in [0.717, 1.165) is 16.5 Å². The maximum atomic E-state index is 10.9. The number of halogens is 1. The Morgan fingerprint density at radius 2 is 1.95 bits per heavy atom. The summed E-state index contributed by atoms with van der Waals surface area (Å²) in [5.74, 6) is 0.502. The smallest absolute Gasteiger partial charge is 0.303 e. The summed E-state index contributed by atoms with van der Waals surface area (Å²) in [7, 11) is 0. The number of alkyl halides is 1. The number of esters is 1. The predicted molar refractivity (Wildman–Crippen MR) is 78.8 cm³/mol. The first-order valence-electron chi connectivity index (χ1n) is 6.04. The van der Waals surface area contributed by atoms with Crippen LogP contribution in [0.25, 0.3) is 10.8 Å². The SMILES string of the molecule is CC(=O)O[C@H](CBr)COc1cccc2ccccc12. The van der Waals surface area contributed by atoms with Crippen molar-refractivity contribution in [3.8, 4) is 5.75 Å². The van der Waals surface area contributed by atoms with Crippen molar-refractivity contribution in [2.24, 2.45) is 0 Å². The minimum absolute atomic E-state index is 0.281. The average Bonchev–Trinajstić information content (AvgIpc) is 2.43. The summed E-state index contributed by atoms with van der Waals surface area (Å²) in [6.07, 6.45) is -0.281. The molecule has 0 aliphatic rings. The lowest BCUT2D eigenvalue weighted by molar-refractivity contribution is -0.146. The molecule has 2 aromatic carbocycles. The largest absolute Gasteiger partial charge is 0.489 e. The third kappa shape index (κ3) is 3.70. The molecule has 0 heterocycles. The van der Waals surface area contributed by atoms with Crippen molar-refractivity contribution < 1.29 is 14.3 Å². The van der Waals surface area contributed by atoms with Crippen LogP contribution in [0.5, 0.6) is 5.75 Å². The van der Waals surface area contributed by atoms with E-state index in [9.17, 15) is 4.79 Å². The van der Waals surface area contributed by atoms with Gasteiger partial charge in [0.25, 0.3) is 0 Å². The lowest BCUT2D eigenvalue weighted by Crippen LogP contribution is -2.25. The lowest BCUT2D eigenvalue weighted by atomic mass is 10.1. The van der Waals surface area contributed by atoms with Gasteiger partial charge >= 0.3 is 5.97 Å². The Balaban J connectivity index is 2.11. The number of carbonyl (C=O) groups excluding carboxylic acids is 1. The van der Waals surface area contributed by atoms with Gasteiger partial charge < -0.3 is 9.47 Å². The molecule has 0 fully saturated rings. The molecule has 0 radical (unpaired) electrons. The number of rotatable bonds is 5. The van der Waals surface area contributed by atoms with Crippen LogP contribution in [-0.4, -0.2) is 24.0 Å². The molecule has 0 saturated heterocycles. The molecule has 100 valence electrons. The number of ether oxygens (including phenoxy) is 2. The Morgan fingerprint density at radius 1 is 1.21 bits per heavy atom. The Morgan fingerprint density at radius 3 is 2.68 bits per heavy atom. The second-order valence-corrected chi connectivity index (χ2v) is 4.82. The van der Waals surface area contributed by atoms with Gasteiger partial charge in [0.15, 0.2) is 0 Å². The molecule has 0 bridgehead atoms. The number of fused-ring (bicyclic) bond motifs is 1. The van der Waals surface area contributed by atoms with Crippen molar-refractivity contribution in [1.82, 2.24) is 0 Å². The van der Waals surface area contributed by atoms with Crippen molar-refractivity contribution in [3.05, 3.63) is 42.5 Å². The van der Waals surface area contributed by atoms with Gasteiger partial charge in [-0.25, -0.2) is 0 Å². The highest BCUT2D eigenvalue weighted by Gasteiger charge is 2.12. The molecule has 0 aliphatic heterocycles. The summed E-state index contributed by atoms with van der Waals surface area (Å²) in [5, 5.41) is 2.74. The Bertz CT molecular complexity index is 563. The Kier molecular flexibility index (Phi) is 4.80. The molecule has 2 rings (SSSR count). The van der Waals surface area contributed by atoms with Crippen molar-refractivity contribution >= 4 is 32.7 Å². The van der Waals surface area contributed by atoms with Gasteiger partial charge in [-0.15, -0.1) is 0 Å². The summed E-state index contributed by atoms with van der Waals surface area (Å²) >= 11 is 3.31. The molecule has 0 aliphatic carbocycles. The van der Waals surface area contributed by atoms with Gasteiger partial charge in [-0.3, -0.25) is 4.79 Å². The topological polar surface area (TPSA) is 35.5 Å². The van der Waals surface area contributed by atoms with Crippen LogP contribution in [0, 0.1) is 0 Å². The zero-order valence-electron chi connectivity index (χ0n) is 10.6. The Labute approximate surface area is 120 Å². The number of hydrogen-bond donors (Lipinski definition) is 0. The van der Waals surface area contributed by atoms with Crippen LogP contribution in [0.4, 0.5) is 0 Å². The fraction of sp³-hybridized carbons (Fsp3) is 0.267. The van der Waals surface area contributed by atoms with Gasteiger partial charge in [-0.1, -0.05) is 52.3 Å². The molecule has 0 spiro atoms. The molecule has 0 amide bonds. The van der Waals surface area contributed by atoms with E-state index in [1.807, 2.05) is 42.5 Å². The summed E-state index contributed by atoms with van der Waals surface area (Å²) in [5.41, 5.74) is 0. The third-order valence-corrected chi connectivity index (χ3v) is 3.40. The number of hydrogen-bond acceptors (Lipinski definition) is 3. The fourth-order valence-corrected chi connectivity index (χ4v) is 2.17. The van der Waals surface area contributed by atoms with Gasteiger partial charge in [0.1, 0.15) is 18.5 Å². The molecule has 3 nitrogen and oxygen atoms in total. The van der Waals surface area contributed by atoms with Crippen molar-refractivity contribution in [3.63, 3.8) is 0 Å². The quantitative estimate of drug-likeness (QED) is 0.624. The summed E-state index contributed by atoms with van der Waals surface area (Å²) in [6.45, 7) is 1.73. The van der Waals surface area contributed by atoms with E-state index in [2.05, 4.69) is 15.9 Å². The fourth-order valence-electron chi connectivity index (χ4n) is 1.85. The number of carbonyl (C=O) groups is 1. The molecular formula is C15H15BrO3. The van der Waals surface area contributed by atoms with Crippen molar-refractivity contribution in [1.29, 1.82) is 0 Å². The van der Waals surface area contributed by atoms with Crippen LogP contribution in [0.15, 0.2) is 42.5 Å². The third-order valence-electron chi connectivity index (χ3n) is 2.68. The van der Waals surface area contributed by atoms with E-state index >= 15 is 0 Å². The molecule has 0 saturated carbocycles.